The molecular weight excluding hydrogens is 266 g/mol. The largest absolute Gasteiger partial charge is 0.480 e. The number of nitrogens with zero attached hydrogens (tertiary/aromatic N) is 3. The maximum atomic E-state index is 11.4. The van der Waals surface area contributed by atoms with Crippen LogP contribution in [-0.4, -0.2) is 11.1 Å². The number of carbonyl (C=O) groups is 1. The molecule has 92 valence electrons. The van der Waals surface area contributed by atoms with Crippen LogP contribution in [0.1, 0.15) is 11.5 Å². The zero-order valence-electron chi connectivity index (χ0n) is 9.46. The average Bonchev–Trinajstić information content (AvgIpc) is 3.03. The second-order valence-electron chi connectivity index (χ2n) is 4.21. The summed E-state index contributed by atoms with van der Waals surface area (Å²) in [6, 6.07) is 11.3. The minimum absolute atomic E-state index is 0.237. The van der Waals surface area contributed by atoms with Gasteiger partial charge in [0.25, 0.3) is 0 Å². The van der Waals surface area contributed by atoms with Crippen LogP contribution in [0.25, 0.3) is 0 Å². The van der Waals surface area contributed by atoms with Gasteiger partial charge >= 0.3 is 5.97 Å². The highest BCUT2D eigenvalue weighted by atomic mass is 35.5. The third-order valence-corrected chi connectivity index (χ3v) is 3.83. The summed E-state index contributed by atoms with van der Waals surface area (Å²) >= 11 is 5.97. The predicted molar refractivity (Wildman–Crippen MR) is 63.5 cm³/mol. The van der Waals surface area contributed by atoms with Gasteiger partial charge in [-0.1, -0.05) is 29.8 Å². The summed E-state index contributed by atoms with van der Waals surface area (Å²) < 4.78 is 0. The Hall–Kier alpha value is -2.55. The molecule has 0 amide bonds. The highest BCUT2D eigenvalue weighted by Crippen LogP contribution is 2.74. The second kappa shape index (κ2) is 3.99. The van der Waals surface area contributed by atoms with Crippen LogP contribution in [-0.2, 0) is 4.79 Å². The van der Waals surface area contributed by atoms with Gasteiger partial charge in [0.15, 0.2) is 10.8 Å². The van der Waals surface area contributed by atoms with E-state index in [1.807, 2.05) is 0 Å². The minimum Gasteiger partial charge on any atom is -0.480 e. The molecule has 0 aromatic heterocycles. The first-order valence-electron chi connectivity index (χ1n) is 5.23. The lowest BCUT2D eigenvalue weighted by molar-refractivity contribution is -0.141. The van der Waals surface area contributed by atoms with Gasteiger partial charge in [0.2, 0.25) is 0 Å². The van der Waals surface area contributed by atoms with Gasteiger partial charge in [0.05, 0.1) is 24.1 Å². The SMILES string of the molecule is N#CC1(C#N)[C@@H](c2ccccc2Cl)[C@]1(C#N)C(=O)O. The lowest BCUT2D eigenvalue weighted by Crippen LogP contribution is -2.20. The van der Waals surface area contributed by atoms with E-state index >= 15 is 0 Å². The normalized spacial score (nSPS) is 26.5. The molecule has 0 unspecified atom stereocenters. The van der Waals surface area contributed by atoms with Crippen LogP contribution in [0.5, 0.6) is 0 Å². The number of rotatable bonds is 2. The molecule has 0 spiro atoms. The number of hydrogen-bond donors (Lipinski definition) is 1. The van der Waals surface area contributed by atoms with Gasteiger partial charge in [-0.25, -0.2) is 0 Å². The first kappa shape index (κ1) is 12.9. The van der Waals surface area contributed by atoms with Crippen LogP contribution < -0.4 is 0 Å². The molecule has 0 aliphatic heterocycles. The van der Waals surface area contributed by atoms with Crippen molar-refractivity contribution in [2.75, 3.05) is 0 Å². The van der Waals surface area contributed by atoms with Gasteiger partial charge in [-0.05, 0) is 11.6 Å². The summed E-state index contributed by atoms with van der Waals surface area (Å²) in [5, 5.41) is 37.0. The van der Waals surface area contributed by atoms with E-state index in [1.165, 1.54) is 12.1 Å². The summed E-state index contributed by atoms with van der Waals surface area (Å²) in [5.74, 6) is -2.53. The standard InChI is InChI=1S/C13H6ClN3O2/c14-9-4-2-1-3-8(9)10-12(5-15,6-16)13(10,7-17)11(18)19/h1-4,10H,(H,18,19)/t10-,13-/m1/s1. The van der Waals surface area contributed by atoms with E-state index in [0.717, 1.165) is 0 Å². The highest BCUT2D eigenvalue weighted by Gasteiger charge is 2.85. The zero-order chi connectivity index (χ0) is 14.3. The van der Waals surface area contributed by atoms with Crippen molar-refractivity contribution < 1.29 is 9.90 Å². The molecular formula is C13H6ClN3O2. The van der Waals surface area contributed by atoms with Crippen LogP contribution in [0.3, 0.4) is 0 Å². The van der Waals surface area contributed by atoms with Crippen molar-refractivity contribution in [3.63, 3.8) is 0 Å². The van der Waals surface area contributed by atoms with E-state index in [-0.39, 0.29) is 5.02 Å². The van der Waals surface area contributed by atoms with Crippen molar-refractivity contribution >= 4 is 17.6 Å². The number of aliphatic carboxylic acids is 1. The maximum absolute atomic E-state index is 11.4. The Balaban J connectivity index is 2.70. The third-order valence-electron chi connectivity index (χ3n) is 3.49. The Bertz CT molecular complexity index is 681. The molecule has 1 aromatic rings. The molecule has 1 saturated carbocycles. The topological polar surface area (TPSA) is 109 Å². The fourth-order valence-electron chi connectivity index (χ4n) is 2.47. The molecule has 0 saturated heterocycles. The number of halogens is 1. The number of carboxylic acid groups (broad SMARTS) is 1. The van der Waals surface area contributed by atoms with Crippen LogP contribution in [0, 0.1) is 44.8 Å². The molecule has 1 aliphatic carbocycles. The molecule has 0 bridgehead atoms. The van der Waals surface area contributed by atoms with Gasteiger partial charge < -0.3 is 5.11 Å². The lowest BCUT2D eigenvalue weighted by Gasteiger charge is -2.03. The predicted octanol–water partition coefficient (Wildman–Crippen LogP) is 2.07. The van der Waals surface area contributed by atoms with E-state index in [0.29, 0.717) is 5.56 Å². The molecule has 19 heavy (non-hydrogen) atoms. The van der Waals surface area contributed by atoms with Crippen molar-refractivity contribution in [3.8, 4) is 18.2 Å². The molecule has 2 rings (SSSR count). The van der Waals surface area contributed by atoms with Crippen LogP contribution >= 0.6 is 11.6 Å². The van der Waals surface area contributed by atoms with E-state index in [1.54, 1.807) is 30.3 Å². The van der Waals surface area contributed by atoms with Crippen LogP contribution in [0.15, 0.2) is 24.3 Å². The Morgan fingerprint density at radius 2 is 1.79 bits per heavy atom. The fourth-order valence-corrected chi connectivity index (χ4v) is 2.72. The van der Waals surface area contributed by atoms with Crippen molar-refractivity contribution in [1.82, 2.24) is 0 Å². The van der Waals surface area contributed by atoms with E-state index in [9.17, 15) is 15.2 Å². The van der Waals surface area contributed by atoms with Gasteiger partial charge in [0.1, 0.15) is 0 Å². The maximum Gasteiger partial charge on any atom is 0.327 e. The highest BCUT2D eigenvalue weighted by molar-refractivity contribution is 6.31. The van der Waals surface area contributed by atoms with Gasteiger partial charge in [0, 0.05) is 5.02 Å². The van der Waals surface area contributed by atoms with Gasteiger partial charge in [-0.2, -0.15) is 15.8 Å². The number of hydrogen-bond acceptors (Lipinski definition) is 4. The number of carboxylic acids is 1. The molecule has 1 aliphatic rings. The minimum atomic E-state index is -2.07. The van der Waals surface area contributed by atoms with Crippen LogP contribution in [0.2, 0.25) is 5.02 Å². The molecule has 1 fully saturated rings. The second-order valence-corrected chi connectivity index (χ2v) is 4.62. The molecule has 1 N–H and O–H groups in total. The van der Waals surface area contributed by atoms with Crippen molar-refractivity contribution in [1.29, 1.82) is 15.8 Å². The number of nitriles is 3. The third kappa shape index (κ3) is 1.30. The summed E-state index contributed by atoms with van der Waals surface area (Å²) in [7, 11) is 0. The Morgan fingerprint density at radius 3 is 2.16 bits per heavy atom. The van der Waals surface area contributed by atoms with Crippen molar-refractivity contribution in [3.05, 3.63) is 34.9 Å². The van der Waals surface area contributed by atoms with Crippen LogP contribution in [0.4, 0.5) is 0 Å². The molecule has 0 radical (unpaired) electrons. The quantitative estimate of drug-likeness (QED) is 0.885. The lowest BCUT2D eigenvalue weighted by atomic mass is 9.97. The summed E-state index contributed by atoms with van der Waals surface area (Å²) in [6.45, 7) is 0. The Labute approximate surface area is 113 Å². The fraction of sp³-hybridized carbons (Fsp3) is 0.231. The molecule has 6 heteroatoms. The van der Waals surface area contributed by atoms with Gasteiger partial charge in [-0.3, -0.25) is 4.79 Å². The van der Waals surface area contributed by atoms with E-state index in [4.69, 9.17) is 22.1 Å². The molecule has 0 heterocycles. The van der Waals surface area contributed by atoms with E-state index < -0.39 is 22.7 Å². The monoisotopic (exact) mass is 271 g/mol. The smallest absolute Gasteiger partial charge is 0.327 e. The van der Waals surface area contributed by atoms with Crippen molar-refractivity contribution in [2.45, 2.75) is 5.92 Å². The first-order valence-corrected chi connectivity index (χ1v) is 5.61. The molecule has 5 nitrogen and oxygen atoms in total. The summed E-state index contributed by atoms with van der Waals surface area (Å²) in [6.07, 6.45) is 0. The Kier molecular flexibility index (Phi) is 2.71. The van der Waals surface area contributed by atoms with Crippen molar-refractivity contribution in [2.24, 2.45) is 10.8 Å². The first-order chi connectivity index (χ1) is 9.01. The summed E-state index contributed by atoms with van der Waals surface area (Å²) in [5.41, 5.74) is -3.64. The number of benzene rings is 1. The molecule has 2 atom stereocenters. The zero-order valence-corrected chi connectivity index (χ0v) is 10.2. The average molecular weight is 272 g/mol. The summed E-state index contributed by atoms with van der Waals surface area (Å²) in [4.78, 5) is 11.4. The Morgan fingerprint density at radius 1 is 1.21 bits per heavy atom. The van der Waals surface area contributed by atoms with E-state index in [2.05, 4.69) is 0 Å². The van der Waals surface area contributed by atoms with Gasteiger partial charge in [-0.15, -0.1) is 0 Å². The molecule has 1 aromatic carbocycles.